The van der Waals surface area contributed by atoms with Crippen molar-refractivity contribution in [2.75, 3.05) is 18.6 Å². The second-order valence-electron chi connectivity index (χ2n) is 8.85. The summed E-state index contributed by atoms with van der Waals surface area (Å²) in [6, 6.07) is 6.50. The maximum Gasteiger partial charge on any atom is 0.308 e. The summed E-state index contributed by atoms with van der Waals surface area (Å²) >= 11 is 7.61. The summed E-state index contributed by atoms with van der Waals surface area (Å²) in [5.41, 5.74) is 2.70. The quantitative estimate of drug-likeness (QED) is 0.335. The molecule has 9 heteroatoms. The molecule has 1 aromatic heterocycles. The van der Waals surface area contributed by atoms with Crippen LogP contribution in [0.15, 0.2) is 29.3 Å². The van der Waals surface area contributed by atoms with Crippen LogP contribution in [0.25, 0.3) is 0 Å². The first-order chi connectivity index (χ1) is 15.4. The zero-order valence-electron chi connectivity index (χ0n) is 19.7. The molecule has 1 aliphatic heterocycles. The Bertz CT molecular complexity index is 1120. The van der Waals surface area contributed by atoms with E-state index in [2.05, 4.69) is 0 Å². The van der Waals surface area contributed by atoms with Crippen molar-refractivity contribution < 1.29 is 14.3 Å². The number of thiophene rings is 1. The van der Waals surface area contributed by atoms with Gasteiger partial charge in [0.05, 0.1) is 12.1 Å². The molecule has 0 amide bonds. The molecular formula is C24H29ClN4O3S. The van der Waals surface area contributed by atoms with Crippen molar-refractivity contribution in [1.82, 2.24) is 0 Å². The summed E-state index contributed by atoms with van der Waals surface area (Å²) in [4.78, 5) is 20.2. The third kappa shape index (κ3) is 5.51. The average molecular weight is 489 g/mol. The number of nitrogens with one attached hydrogen (secondary N) is 2. The summed E-state index contributed by atoms with van der Waals surface area (Å²) in [6.45, 7) is 9.44. The molecule has 0 radical (unpaired) electrons. The van der Waals surface area contributed by atoms with Crippen LogP contribution in [0.1, 0.15) is 48.8 Å². The zero-order valence-corrected chi connectivity index (χ0v) is 21.3. The average Bonchev–Trinajstić information content (AvgIpc) is 2.92. The van der Waals surface area contributed by atoms with Crippen LogP contribution in [0.2, 0.25) is 5.02 Å². The van der Waals surface area contributed by atoms with Crippen LogP contribution in [0, 0.1) is 24.7 Å². The lowest BCUT2D eigenvalue weighted by Gasteiger charge is -2.27. The van der Waals surface area contributed by atoms with Gasteiger partial charge < -0.3 is 9.47 Å². The SMILES string of the molecule is COCC(=N)N1C(=N)C(CC(=O)OC(C)(C)C)N=C(c2ccc(Cl)cc2)c2c1sc(C)c2C. The summed E-state index contributed by atoms with van der Waals surface area (Å²) in [5.74, 6) is -0.311. The Morgan fingerprint density at radius 2 is 1.88 bits per heavy atom. The van der Waals surface area contributed by atoms with Crippen LogP contribution in [-0.4, -0.2) is 48.7 Å². The van der Waals surface area contributed by atoms with Gasteiger partial charge in [-0.1, -0.05) is 23.7 Å². The number of nitrogens with zero attached hydrogens (tertiary/aromatic N) is 2. The van der Waals surface area contributed by atoms with E-state index in [1.807, 2.05) is 26.0 Å². The predicted octanol–water partition coefficient (Wildman–Crippen LogP) is 5.38. The van der Waals surface area contributed by atoms with E-state index >= 15 is 0 Å². The Morgan fingerprint density at radius 1 is 1.24 bits per heavy atom. The van der Waals surface area contributed by atoms with Crippen molar-refractivity contribution in [3.05, 3.63) is 50.9 Å². The largest absolute Gasteiger partial charge is 0.460 e. The van der Waals surface area contributed by atoms with E-state index in [1.54, 1.807) is 37.8 Å². The molecule has 0 saturated heterocycles. The zero-order chi connectivity index (χ0) is 24.5. The van der Waals surface area contributed by atoms with Crippen LogP contribution >= 0.6 is 22.9 Å². The van der Waals surface area contributed by atoms with Crippen molar-refractivity contribution in [1.29, 1.82) is 10.8 Å². The first kappa shape index (κ1) is 25.1. The molecule has 2 aromatic rings. The summed E-state index contributed by atoms with van der Waals surface area (Å²) in [5, 5.41) is 18.9. The first-order valence-corrected chi connectivity index (χ1v) is 11.7. The molecule has 176 valence electrons. The highest BCUT2D eigenvalue weighted by molar-refractivity contribution is 7.17. The van der Waals surface area contributed by atoms with E-state index in [0.29, 0.717) is 10.7 Å². The van der Waals surface area contributed by atoms with Crippen LogP contribution in [0.5, 0.6) is 0 Å². The third-order valence-corrected chi connectivity index (χ3v) is 6.54. The fraction of sp³-hybridized carbons (Fsp3) is 0.417. The summed E-state index contributed by atoms with van der Waals surface area (Å²) in [7, 11) is 1.51. The van der Waals surface area contributed by atoms with Crippen molar-refractivity contribution in [2.24, 2.45) is 4.99 Å². The molecular weight excluding hydrogens is 460 g/mol. The number of hydrogen-bond donors (Lipinski definition) is 2. The van der Waals surface area contributed by atoms with Gasteiger partial charge in [-0.05, 0) is 52.3 Å². The third-order valence-electron chi connectivity index (χ3n) is 5.10. The highest BCUT2D eigenvalue weighted by Crippen LogP contribution is 2.40. The molecule has 1 atom stereocenters. The number of benzene rings is 1. The Labute approximate surface area is 203 Å². The van der Waals surface area contributed by atoms with Gasteiger partial charge in [-0.25, -0.2) is 0 Å². The first-order valence-electron chi connectivity index (χ1n) is 10.5. The second-order valence-corrected chi connectivity index (χ2v) is 10.5. The molecule has 0 saturated carbocycles. The van der Waals surface area contributed by atoms with Gasteiger partial charge in [-0.3, -0.25) is 25.5 Å². The van der Waals surface area contributed by atoms with E-state index in [9.17, 15) is 4.79 Å². The molecule has 33 heavy (non-hydrogen) atoms. The number of aliphatic imine (C=N–C) groups is 1. The second kappa shape index (κ2) is 9.75. The molecule has 3 rings (SSSR count). The van der Waals surface area contributed by atoms with Crippen molar-refractivity contribution >= 4 is 51.3 Å². The molecule has 0 aliphatic carbocycles. The molecule has 0 bridgehead atoms. The number of anilines is 1. The predicted molar refractivity (Wildman–Crippen MR) is 135 cm³/mol. The number of esters is 1. The lowest BCUT2D eigenvalue weighted by molar-refractivity contribution is -0.154. The number of ether oxygens (including phenoxy) is 2. The van der Waals surface area contributed by atoms with Gasteiger partial charge in [0.2, 0.25) is 0 Å². The Hall–Kier alpha value is -2.55. The highest BCUT2D eigenvalue weighted by atomic mass is 35.5. The van der Waals surface area contributed by atoms with Gasteiger partial charge in [0.1, 0.15) is 34.9 Å². The van der Waals surface area contributed by atoms with Crippen LogP contribution < -0.4 is 4.90 Å². The lowest BCUT2D eigenvalue weighted by atomic mass is 9.99. The lowest BCUT2D eigenvalue weighted by Crippen LogP contribution is -2.44. The number of amidine groups is 2. The molecule has 7 nitrogen and oxygen atoms in total. The fourth-order valence-corrected chi connectivity index (χ4v) is 4.89. The number of aryl methyl sites for hydroxylation is 1. The molecule has 0 fully saturated rings. The molecule has 2 heterocycles. The molecule has 0 spiro atoms. The minimum atomic E-state index is -0.831. The van der Waals surface area contributed by atoms with Crippen molar-refractivity contribution in [3.8, 4) is 0 Å². The van der Waals surface area contributed by atoms with Crippen LogP contribution in [-0.2, 0) is 14.3 Å². The molecule has 1 aromatic carbocycles. The van der Waals surface area contributed by atoms with E-state index < -0.39 is 17.6 Å². The molecule has 1 unspecified atom stereocenters. The molecule has 1 aliphatic rings. The maximum atomic E-state index is 12.7. The van der Waals surface area contributed by atoms with Gasteiger partial charge in [0.15, 0.2) is 0 Å². The van der Waals surface area contributed by atoms with Crippen molar-refractivity contribution in [2.45, 2.75) is 52.7 Å². The molecule has 2 N–H and O–H groups in total. The van der Waals surface area contributed by atoms with Crippen molar-refractivity contribution in [3.63, 3.8) is 0 Å². The normalized spacial score (nSPS) is 16.2. The van der Waals surface area contributed by atoms with Gasteiger partial charge in [0.25, 0.3) is 0 Å². The number of carbonyl (C=O) groups is 1. The summed E-state index contributed by atoms with van der Waals surface area (Å²) in [6.07, 6.45) is -0.114. The van der Waals surface area contributed by atoms with Gasteiger partial charge in [-0.2, -0.15) is 0 Å². The maximum absolute atomic E-state index is 12.7. The monoisotopic (exact) mass is 488 g/mol. The van der Waals surface area contributed by atoms with Gasteiger partial charge in [-0.15, -0.1) is 11.3 Å². The van der Waals surface area contributed by atoms with E-state index in [-0.39, 0.29) is 24.7 Å². The fourth-order valence-electron chi connectivity index (χ4n) is 3.56. The van der Waals surface area contributed by atoms with E-state index in [1.165, 1.54) is 18.4 Å². The van der Waals surface area contributed by atoms with Crippen LogP contribution in [0.3, 0.4) is 0 Å². The van der Waals surface area contributed by atoms with Gasteiger partial charge in [0, 0.05) is 28.1 Å². The van der Waals surface area contributed by atoms with Gasteiger partial charge >= 0.3 is 5.97 Å². The topological polar surface area (TPSA) is 98.8 Å². The van der Waals surface area contributed by atoms with Crippen LogP contribution in [0.4, 0.5) is 5.00 Å². The minimum Gasteiger partial charge on any atom is -0.460 e. The number of rotatable bonds is 5. The Morgan fingerprint density at radius 3 is 2.45 bits per heavy atom. The van der Waals surface area contributed by atoms with E-state index in [0.717, 1.165) is 26.6 Å². The summed E-state index contributed by atoms with van der Waals surface area (Å²) < 4.78 is 10.7. The highest BCUT2D eigenvalue weighted by Gasteiger charge is 2.36. The Kier molecular flexibility index (Phi) is 7.41. The smallest absolute Gasteiger partial charge is 0.308 e. The number of fused-ring (bicyclic) bond motifs is 1. The standard InChI is InChI=1S/C24H29ClN4O3S/c1-13-14(2)33-23-20(13)21(15-7-9-16(25)10-8-15)28-17(11-19(30)32-24(3,4)5)22(27)29(23)18(26)12-31-6/h7-10,17,26-27H,11-12H2,1-6H3. The number of methoxy groups -OCH3 is 1. The number of halogens is 1. The number of hydrogen-bond acceptors (Lipinski definition) is 7. The number of carbonyl (C=O) groups excluding carboxylic acids is 1. The Balaban J connectivity index is 2.20. The minimum absolute atomic E-state index is 0.0211. The van der Waals surface area contributed by atoms with E-state index in [4.69, 9.17) is 36.9 Å².